The van der Waals surface area contributed by atoms with Crippen LogP contribution in [0.4, 0.5) is 15.8 Å². The summed E-state index contributed by atoms with van der Waals surface area (Å²) in [6.07, 6.45) is 0.0624. The molecule has 0 aliphatic rings. The molecule has 0 radical (unpaired) electrons. The molecule has 3 rings (SSSR count). The van der Waals surface area contributed by atoms with Crippen molar-refractivity contribution in [1.82, 2.24) is 0 Å². The van der Waals surface area contributed by atoms with E-state index in [2.05, 4.69) is 5.32 Å². The van der Waals surface area contributed by atoms with Gasteiger partial charge in [0.2, 0.25) is 11.7 Å². The lowest BCUT2D eigenvalue weighted by Gasteiger charge is -2.08. The number of nitrogens with one attached hydrogen (secondary N) is 1. The summed E-state index contributed by atoms with van der Waals surface area (Å²) in [7, 11) is 0. The van der Waals surface area contributed by atoms with Gasteiger partial charge in [0, 0.05) is 41.8 Å². The number of halogens is 1. The van der Waals surface area contributed by atoms with Crippen molar-refractivity contribution in [2.45, 2.75) is 19.3 Å². The molecule has 0 spiro atoms. The fourth-order valence-corrected chi connectivity index (χ4v) is 3.33. The number of nitro groups is 1. The molecular formula is C28H23FN2O9. The first-order valence-corrected chi connectivity index (χ1v) is 11.9. The van der Waals surface area contributed by atoms with E-state index in [-0.39, 0.29) is 41.6 Å². The van der Waals surface area contributed by atoms with Gasteiger partial charge >= 0.3 is 11.9 Å². The molecule has 0 aromatic heterocycles. The molecule has 0 heterocycles. The fourth-order valence-electron chi connectivity index (χ4n) is 3.33. The van der Waals surface area contributed by atoms with Crippen LogP contribution in [0.3, 0.4) is 0 Å². The van der Waals surface area contributed by atoms with E-state index in [0.29, 0.717) is 5.69 Å². The van der Waals surface area contributed by atoms with Gasteiger partial charge in [-0.05, 0) is 55.0 Å². The average molecular weight is 550 g/mol. The van der Waals surface area contributed by atoms with Crippen LogP contribution in [0.1, 0.15) is 50.3 Å². The summed E-state index contributed by atoms with van der Waals surface area (Å²) in [4.78, 5) is 70.6. The van der Waals surface area contributed by atoms with E-state index in [4.69, 9.17) is 9.47 Å². The molecule has 0 saturated carbocycles. The molecule has 12 heteroatoms. The van der Waals surface area contributed by atoms with E-state index in [1.54, 1.807) is 0 Å². The number of anilines is 1. The Morgan fingerprint density at radius 2 is 1.40 bits per heavy atom. The Labute approximate surface area is 227 Å². The van der Waals surface area contributed by atoms with Crippen LogP contribution in [0.5, 0.6) is 0 Å². The second-order valence-corrected chi connectivity index (χ2v) is 8.38. The maximum atomic E-state index is 12.9. The topological polar surface area (TPSA) is 159 Å². The average Bonchev–Trinajstić information content (AvgIpc) is 2.95. The summed E-state index contributed by atoms with van der Waals surface area (Å²) in [6, 6.07) is 15.5. The number of ether oxygens (including phenoxy) is 2. The van der Waals surface area contributed by atoms with Gasteiger partial charge in [0.25, 0.3) is 5.69 Å². The molecule has 0 aliphatic heterocycles. The second-order valence-electron chi connectivity index (χ2n) is 8.38. The van der Waals surface area contributed by atoms with Crippen LogP contribution in [0.2, 0.25) is 0 Å². The standard InChI is InChI=1S/C28H23FN2O9/c29-21-11-7-18(8-12-21)24(32)16-39-27(35)6-2-5-26(34)30-22-13-9-19(10-14-22)28(36)40-17-25(33)20-3-1-4-23(15-20)31(37)38/h1,3-4,7-15H,2,5-6,16-17H2,(H,30,34). The number of esters is 2. The number of ketones is 2. The van der Waals surface area contributed by atoms with Gasteiger partial charge < -0.3 is 14.8 Å². The molecule has 3 aromatic rings. The Hall–Kier alpha value is -5.26. The zero-order valence-electron chi connectivity index (χ0n) is 21.0. The normalized spacial score (nSPS) is 10.3. The van der Waals surface area contributed by atoms with Crippen molar-refractivity contribution < 1.29 is 42.8 Å². The molecule has 1 N–H and O–H groups in total. The lowest BCUT2D eigenvalue weighted by atomic mass is 10.1. The van der Waals surface area contributed by atoms with Crippen molar-refractivity contribution in [3.8, 4) is 0 Å². The second kappa shape index (κ2) is 14.0. The van der Waals surface area contributed by atoms with Gasteiger partial charge in [-0.1, -0.05) is 12.1 Å². The number of nitrogens with zero attached hydrogens (tertiary/aromatic N) is 1. The largest absolute Gasteiger partial charge is 0.457 e. The molecule has 0 atom stereocenters. The van der Waals surface area contributed by atoms with Crippen molar-refractivity contribution in [1.29, 1.82) is 0 Å². The number of carbonyl (C=O) groups excluding carboxylic acids is 5. The minimum atomic E-state index is -0.798. The molecule has 11 nitrogen and oxygen atoms in total. The molecule has 0 unspecified atom stereocenters. The maximum absolute atomic E-state index is 12.9. The number of Topliss-reactive ketones (excluding diaryl/α,β-unsaturated/α-hetero) is 2. The van der Waals surface area contributed by atoms with E-state index >= 15 is 0 Å². The molecule has 0 saturated heterocycles. The molecule has 0 aliphatic carbocycles. The Bertz CT molecular complexity index is 1420. The Morgan fingerprint density at radius 1 is 0.775 bits per heavy atom. The van der Waals surface area contributed by atoms with Crippen molar-refractivity contribution in [3.05, 3.63) is 105 Å². The third-order valence-electron chi connectivity index (χ3n) is 5.43. The van der Waals surface area contributed by atoms with E-state index < -0.39 is 53.4 Å². The predicted molar refractivity (Wildman–Crippen MR) is 138 cm³/mol. The van der Waals surface area contributed by atoms with E-state index in [9.17, 15) is 38.5 Å². The van der Waals surface area contributed by atoms with Crippen LogP contribution in [-0.4, -0.2) is 47.5 Å². The summed E-state index contributed by atoms with van der Waals surface area (Å²) in [6.45, 7) is -1.10. The van der Waals surface area contributed by atoms with Crippen LogP contribution in [0.15, 0.2) is 72.8 Å². The summed E-state index contributed by atoms with van der Waals surface area (Å²) < 4.78 is 22.8. The lowest BCUT2D eigenvalue weighted by Crippen LogP contribution is -2.16. The highest BCUT2D eigenvalue weighted by Crippen LogP contribution is 2.15. The van der Waals surface area contributed by atoms with Gasteiger partial charge in [-0.2, -0.15) is 0 Å². The fraction of sp³-hybridized carbons (Fsp3) is 0.179. The number of nitro benzene ring substituents is 1. The highest BCUT2D eigenvalue weighted by Gasteiger charge is 2.15. The predicted octanol–water partition coefficient (Wildman–Crippen LogP) is 4.31. The highest BCUT2D eigenvalue weighted by atomic mass is 19.1. The number of amides is 1. The van der Waals surface area contributed by atoms with Gasteiger partial charge in [0.1, 0.15) is 5.82 Å². The van der Waals surface area contributed by atoms with Crippen LogP contribution in [0, 0.1) is 15.9 Å². The first kappa shape index (κ1) is 29.3. The van der Waals surface area contributed by atoms with Crippen LogP contribution < -0.4 is 5.32 Å². The number of hydrogen-bond donors (Lipinski definition) is 1. The number of carbonyl (C=O) groups is 5. The summed E-state index contributed by atoms with van der Waals surface area (Å²) in [5.74, 6) is -3.43. The van der Waals surface area contributed by atoms with Crippen molar-refractivity contribution in [2.24, 2.45) is 0 Å². The van der Waals surface area contributed by atoms with E-state index in [1.807, 2.05) is 0 Å². The van der Waals surface area contributed by atoms with E-state index in [1.165, 1.54) is 54.6 Å². The Balaban J connectivity index is 1.36. The zero-order valence-corrected chi connectivity index (χ0v) is 21.0. The molecule has 0 bridgehead atoms. The van der Waals surface area contributed by atoms with Crippen LogP contribution >= 0.6 is 0 Å². The summed E-state index contributed by atoms with van der Waals surface area (Å²) >= 11 is 0. The lowest BCUT2D eigenvalue weighted by molar-refractivity contribution is -0.384. The number of rotatable bonds is 13. The number of benzene rings is 3. The summed E-state index contributed by atoms with van der Waals surface area (Å²) in [5.41, 5.74) is 0.475. The van der Waals surface area contributed by atoms with Crippen molar-refractivity contribution >= 4 is 40.8 Å². The van der Waals surface area contributed by atoms with Gasteiger partial charge in [-0.3, -0.25) is 29.3 Å². The first-order chi connectivity index (χ1) is 19.1. The molecule has 0 fully saturated rings. The number of non-ortho nitro benzene ring substituents is 1. The van der Waals surface area contributed by atoms with Crippen LogP contribution in [0.25, 0.3) is 0 Å². The molecule has 3 aromatic carbocycles. The monoisotopic (exact) mass is 550 g/mol. The highest BCUT2D eigenvalue weighted by molar-refractivity contribution is 6.00. The third-order valence-corrected chi connectivity index (χ3v) is 5.43. The summed E-state index contributed by atoms with van der Waals surface area (Å²) in [5, 5.41) is 13.4. The molecule has 206 valence electrons. The minimum absolute atomic E-state index is 0.00936. The number of hydrogen-bond acceptors (Lipinski definition) is 9. The molecule has 40 heavy (non-hydrogen) atoms. The zero-order chi connectivity index (χ0) is 29.1. The minimum Gasteiger partial charge on any atom is -0.457 e. The van der Waals surface area contributed by atoms with Crippen molar-refractivity contribution in [3.63, 3.8) is 0 Å². The van der Waals surface area contributed by atoms with E-state index in [0.717, 1.165) is 18.2 Å². The van der Waals surface area contributed by atoms with Gasteiger partial charge in [-0.25, -0.2) is 9.18 Å². The Kier molecular flexibility index (Phi) is 10.3. The van der Waals surface area contributed by atoms with Gasteiger partial charge in [0.15, 0.2) is 19.0 Å². The quantitative estimate of drug-likeness (QED) is 0.142. The van der Waals surface area contributed by atoms with Gasteiger partial charge in [0.05, 0.1) is 10.5 Å². The molecular weight excluding hydrogens is 527 g/mol. The molecule has 1 amide bonds. The third kappa shape index (κ3) is 8.94. The maximum Gasteiger partial charge on any atom is 0.338 e. The smallest absolute Gasteiger partial charge is 0.338 e. The first-order valence-electron chi connectivity index (χ1n) is 11.9. The van der Waals surface area contributed by atoms with Crippen molar-refractivity contribution in [2.75, 3.05) is 18.5 Å². The van der Waals surface area contributed by atoms with Gasteiger partial charge in [-0.15, -0.1) is 0 Å². The SMILES string of the molecule is O=C(CCCC(=O)OCC(=O)c1ccc(F)cc1)Nc1ccc(C(=O)OCC(=O)c2cccc([N+](=O)[O-])c2)cc1. The van der Waals surface area contributed by atoms with Crippen LogP contribution in [-0.2, 0) is 19.1 Å². The Morgan fingerprint density at radius 3 is 2.08 bits per heavy atom.